The highest BCUT2D eigenvalue weighted by Crippen LogP contribution is 2.23. The molecule has 9 heteroatoms. The summed E-state index contributed by atoms with van der Waals surface area (Å²) in [7, 11) is -3.61. The Morgan fingerprint density at radius 3 is 2.33 bits per heavy atom. The third-order valence-electron chi connectivity index (χ3n) is 3.58. The summed E-state index contributed by atoms with van der Waals surface area (Å²) in [6.45, 7) is 2.10. The zero-order valence-corrected chi connectivity index (χ0v) is 17.2. The van der Waals surface area contributed by atoms with Crippen LogP contribution < -0.4 is 10.1 Å². The highest BCUT2D eigenvalue weighted by Gasteiger charge is 2.21. The summed E-state index contributed by atoms with van der Waals surface area (Å²) in [5, 5.41) is 3.37. The molecule has 0 radical (unpaired) electrons. The van der Waals surface area contributed by atoms with E-state index in [1.54, 1.807) is 42.5 Å². The quantitative estimate of drug-likeness (QED) is 0.690. The molecule has 146 valence electrons. The molecule has 0 aliphatic carbocycles. The number of sulfonamides is 1. The molecule has 0 atom stereocenters. The standard InChI is InChI=1S/C18H20Cl2N2O4S/c1-3-26-15-7-5-14(6-8-15)21-18(23)12-22(27(2,24)25)11-13-4-9-16(19)17(20)10-13/h4-10H,3,11-12H2,1-2H3,(H,21,23). The van der Waals surface area contributed by atoms with Crippen LogP contribution in [0.3, 0.4) is 0 Å². The van der Waals surface area contributed by atoms with E-state index >= 15 is 0 Å². The number of rotatable bonds is 8. The van der Waals surface area contributed by atoms with E-state index in [1.807, 2.05) is 6.92 Å². The van der Waals surface area contributed by atoms with Gasteiger partial charge in [-0.2, -0.15) is 4.31 Å². The number of anilines is 1. The van der Waals surface area contributed by atoms with E-state index in [0.717, 1.165) is 10.6 Å². The fraction of sp³-hybridized carbons (Fsp3) is 0.278. The van der Waals surface area contributed by atoms with E-state index in [-0.39, 0.29) is 13.1 Å². The molecule has 2 aromatic carbocycles. The summed E-state index contributed by atoms with van der Waals surface area (Å²) in [5.74, 6) is 0.234. The van der Waals surface area contributed by atoms with E-state index in [4.69, 9.17) is 27.9 Å². The number of nitrogens with one attached hydrogen (secondary N) is 1. The van der Waals surface area contributed by atoms with Crippen LogP contribution in [-0.2, 0) is 21.4 Å². The molecular formula is C18H20Cl2N2O4S. The zero-order valence-electron chi connectivity index (χ0n) is 14.9. The number of halogens is 2. The van der Waals surface area contributed by atoms with E-state index in [9.17, 15) is 13.2 Å². The molecule has 0 aromatic heterocycles. The molecule has 0 saturated carbocycles. The number of hydrogen-bond acceptors (Lipinski definition) is 4. The molecule has 0 spiro atoms. The van der Waals surface area contributed by atoms with Gasteiger partial charge in [-0.3, -0.25) is 4.79 Å². The number of ether oxygens (including phenoxy) is 1. The molecule has 0 bridgehead atoms. The second-order valence-corrected chi connectivity index (χ2v) is 8.58. The SMILES string of the molecule is CCOc1ccc(NC(=O)CN(Cc2ccc(Cl)c(Cl)c2)S(C)(=O)=O)cc1. The van der Waals surface area contributed by atoms with Crippen LogP contribution in [0.25, 0.3) is 0 Å². The van der Waals surface area contributed by atoms with Gasteiger partial charge in [0.15, 0.2) is 0 Å². The zero-order chi connectivity index (χ0) is 20.0. The lowest BCUT2D eigenvalue weighted by Crippen LogP contribution is -2.36. The Hall–Kier alpha value is -1.80. The second-order valence-electron chi connectivity index (χ2n) is 5.79. The first kappa shape index (κ1) is 21.5. The Morgan fingerprint density at radius 2 is 1.78 bits per heavy atom. The molecule has 6 nitrogen and oxygen atoms in total. The number of hydrogen-bond donors (Lipinski definition) is 1. The Balaban J connectivity index is 2.06. The third kappa shape index (κ3) is 6.70. The largest absolute Gasteiger partial charge is 0.494 e. The Bertz CT molecular complexity index is 902. The van der Waals surface area contributed by atoms with Gasteiger partial charge >= 0.3 is 0 Å². The summed E-state index contributed by atoms with van der Waals surface area (Å²) in [5.41, 5.74) is 1.18. The minimum absolute atomic E-state index is 0.00637. The van der Waals surface area contributed by atoms with Gasteiger partial charge in [0.05, 0.1) is 29.5 Å². The topological polar surface area (TPSA) is 75.7 Å². The first-order chi connectivity index (χ1) is 12.7. The second kappa shape index (κ2) is 9.41. The molecule has 1 amide bonds. The van der Waals surface area contributed by atoms with Crippen LogP contribution >= 0.6 is 23.2 Å². The van der Waals surface area contributed by atoms with Gasteiger partial charge < -0.3 is 10.1 Å². The predicted molar refractivity (Wildman–Crippen MR) is 108 cm³/mol. The average Bonchev–Trinajstić information content (AvgIpc) is 2.59. The summed E-state index contributed by atoms with van der Waals surface area (Å²) in [4.78, 5) is 12.3. The number of nitrogens with zero attached hydrogens (tertiary/aromatic N) is 1. The number of benzene rings is 2. The first-order valence-corrected chi connectivity index (χ1v) is 10.7. The van der Waals surface area contributed by atoms with Crippen LogP contribution in [0.2, 0.25) is 10.0 Å². The first-order valence-electron chi connectivity index (χ1n) is 8.11. The molecule has 0 aliphatic rings. The van der Waals surface area contributed by atoms with Crippen molar-refractivity contribution in [2.75, 3.05) is 24.7 Å². The minimum Gasteiger partial charge on any atom is -0.494 e. The monoisotopic (exact) mass is 430 g/mol. The van der Waals surface area contributed by atoms with Crippen molar-refractivity contribution in [3.05, 3.63) is 58.1 Å². The molecular weight excluding hydrogens is 411 g/mol. The smallest absolute Gasteiger partial charge is 0.239 e. The maximum absolute atomic E-state index is 12.3. The molecule has 27 heavy (non-hydrogen) atoms. The average molecular weight is 431 g/mol. The summed E-state index contributed by atoms with van der Waals surface area (Å²) in [6.07, 6.45) is 1.05. The summed E-state index contributed by atoms with van der Waals surface area (Å²) < 4.78 is 30.5. The predicted octanol–water partition coefficient (Wildman–Crippen LogP) is 3.79. The van der Waals surface area contributed by atoms with Gasteiger partial charge in [0, 0.05) is 12.2 Å². The van der Waals surface area contributed by atoms with Crippen molar-refractivity contribution >= 4 is 44.8 Å². The van der Waals surface area contributed by atoms with Crippen LogP contribution in [0.1, 0.15) is 12.5 Å². The van der Waals surface area contributed by atoms with Gasteiger partial charge in [-0.05, 0) is 48.9 Å². The van der Waals surface area contributed by atoms with Crippen molar-refractivity contribution < 1.29 is 17.9 Å². The van der Waals surface area contributed by atoms with Gasteiger partial charge in [0.2, 0.25) is 15.9 Å². The molecule has 2 aromatic rings. The lowest BCUT2D eigenvalue weighted by molar-refractivity contribution is -0.116. The molecule has 2 rings (SSSR count). The van der Waals surface area contributed by atoms with Crippen LogP contribution in [-0.4, -0.2) is 38.0 Å². The fourth-order valence-corrected chi connectivity index (χ4v) is 3.35. The fourth-order valence-electron chi connectivity index (χ4n) is 2.29. The van der Waals surface area contributed by atoms with E-state index in [0.29, 0.717) is 33.7 Å². The molecule has 0 unspecified atom stereocenters. The molecule has 0 fully saturated rings. The van der Waals surface area contributed by atoms with Crippen LogP contribution in [0, 0.1) is 0 Å². The van der Waals surface area contributed by atoms with Gasteiger partial charge in [-0.1, -0.05) is 29.3 Å². The lowest BCUT2D eigenvalue weighted by atomic mass is 10.2. The number of amides is 1. The highest BCUT2D eigenvalue weighted by atomic mass is 35.5. The third-order valence-corrected chi connectivity index (χ3v) is 5.52. The van der Waals surface area contributed by atoms with Crippen LogP contribution in [0.4, 0.5) is 5.69 Å². The summed E-state index contributed by atoms with van der Waals surface area (Å²) in [6, 6.07) is 11.6. The number of carbonyl (C=O) groups excluding carboxylic acids is 1. The van der Waals surface area contributed by atoms with Crippen LogP contribution in [0.5, 0.6) is 5.75 Å². The van der Waals surface area contributed by atoms with Crippen molar-refractivity contribution in [1.29, 1.82) is 0 Å². The Morgan fingerprint density at radius 1 is 1.11 bits per heavy atom. The van der Waals surface area contributed by atoms with Crippen molar-refractivity contribution in [2.24, 2.45) is 0 Å². The van der Waals surface area contributed by atoms with Crippen molar-refractivity contribution in [1.82, 2.24) is 4.31 Å². The molecule has 1 N–H and O–H groups in total. The van der Waals surface area contributed by atoms with E-state index in [2.05, 4.69) is 5.32 Å². The normalized spacial score (nSPS) is 11.4. The summed E-state index contributed by atoms with van der Waals surface area (Å²) >= 11 is 11.8. The van der Waals surface area contributed by atoms with Crippen LogP contribution in [0.15, 0.2) is 42.5 Å². The highest BCUT2D eigenvalue weighted by molar-refractivity contribution is 7.88. The van der Waals surface area contributed by atoms with Crippen molar-refractivity contribution in [3.8, 4) is 5.75 Å². The molecule has 0 saturated heterocycles. The molecule has 0 aliphatic heterocycles. The van der Waals surface area contributed by atoms with Gasteiger partial charge in [0.25, 0.3) is 0 Å². The van der Waals surface area contributed by atoms with Gasteiger partial charge in [-0.15, -0.1) is 0 Å². The Kier molecular flexibility index (Phi) is 7.49. The maximum Gasteiger partial charge on any atom is 0.239 e. The van der Waals surface area contributed by atoms with E-state index < -0.39 is 15.9 Å². The van der Waals surface area contributed by atoms with Crippen molar-refractivity contribution in [3.63, 3.8) is 0 Å². The van der Waals surface area contributed by atoms with Gasteiger partial charge in [0.1, 0.15) is 5.75 Å². The minimum atomic E-state index is -3.61. The van der Waals surface area contributed by atoms with Gasteiger partial charge in [-0.25, -0.2) is 8.42 Å². The lowest BCUT2D eigenvalue weighted by Gasteiger charge is -2.20. The molecule has 0 heterocycles. The van der Waals surface area contributed by atoms with E-state index in [1.165, 1.54) is 0 Å². The number of carbonyl (C=O) groups is 1. The maximum atomic E-state index is 12.3. The van der Waals surface area contributed by atoms with Crippen molar-refractivity contribution in [2.45, 2.75) is 13.5 Å². The Labute approximate surface area is 169 Å².